The summed E-state index contributed by atoms with van der Waals surface area (Å²) in [5.74, 6) is 0.0915. The second kappa shape index (κ2) is 10.7. The van der Waals surface area contributed by atoms with Gasteiger partial charge in [0.05, 0.1) is 22.3 Å². The second-order valence-corrected chi connectivity index (χ2v) is 8.83. The van der Waals surface area contributed by atoms with Crippen LogP contribution in [0.25, 0.3) is 11.0 Å². The molecule has 172 valence electrons. The zero-order valence-electron chi connectivity index (χ0n) is 18.0. The first-order valence-corrected chi connectivity index (χ1v) is 11.6. The van der Waals surface area contributed by atoms with Crippen molar-refractivity contribution < 1.29 is 18.0 Å². The number of thioether (sulfide) groups is 1. The van der Waals surface area contributed by atoms with Crippen molar-refractivity contribution >= 4 is 28.7 Å². The predicted octanol–water partition coefficient (Wildman–Crippen LogP) is 3.31. The summed E-state index contributed by atoms with van der Waals surface area (Å²) in [6, 6.07) is 3.64. The highest BCUT2D eigenvalue weighted by atomic mass is 32.2. The molecule has 31 heavy (non-hydrogen) atoms. The molecule has 10 heteroatoms. The van der Waals surface area contributed by atoms with Gasteiger partial charge in [-0.3, -0.25) is 9.69 Å². The molecule has 3 rings (SSSR count). The number of unbranched alkanes of at least 4 members (excludes halogenated alkanes) is 1. The Balaban J connectivity index is 1.59. The molecule has 0 spiro atoms. The Labute approximate surface area is 185 Å². The van der Waals surface area contributed by atoms with Crippen molar-refractivity contribution in [2.24, 2.45) is 0 Å². The number of benzene rings is 1. The first kappa shape index (κ1) is 23.9. The lowest BCUT2D eigenvalue weighted by Gasteiger charge is -2.32. The third kappa shape index (κ3) is 6.60. The first-order valence-electron chi connectivity index (χ1n) is 10.7. The van der Waals surface area contributed by atoms with Gasteiger partial charge in [-0.15, -0.1) is 0 Å². The van der Waals surface area contributed by atoms with E-state index in [2.05, 4.69) is 34.1 Å². The van der Waals surface area contributed by atoms with Crippen molar-refractivity contribution in [2.75, 3.05) is 52.1 Å². The number of nitrogens with one attached hydrogen (secondary N) is 1. The largest absolute Gasteiger partial charge is 0.416 e. The van der Waals surface area contributed by atoms with Crippen molar-refractivity contribution in [2.45, 2.75) is 37.6 Å². The summed E-state index contributed by atoms with van der Waals surface area (Å²) in [7, 11) is 2.11. The number of alkyl halides is 3. The third-order valence-corrected chi connectivity index (χ3v) is 6.43. The lowest BCUT2D eigenvalue weighted by atomic mass is 10.2. The normalized spacial score (nSPS) is 16.2. The van der Waals surface area contributed by atoms with Crippen LogP contribution in [-0.2, 0) is 17.5 Å². The van der Waals surface area contributed by atoms with E-state index in [-0.39, 0.29) is 11.7 Å². The van der Waals surface area contributed by atoms with Gasteiger partial charge in [0.25, 0.3) is 0 Å². The number of carbonyl (C=O) groups is 1. The predicted molar refractivity (Wildman–Crippen MR) is 117 cm³/mol. The number of nitrogens with zero attached hydrogens (tertiary/aromatic N) is 4. The van der Waals surface area contributed by atoms with Crippen LogP contribution in [0, 0.1) is 0 Å². The van der Waals surface area contributed by atoms with Crippen LogP contribution < -0.4 is 5.32 Å². The maximum absolute atomic E-state index is 13.1. The van der Waals surface area contributed by atoms with Crippen LogP contribution >= 0.6 is 11.8 Å². The average molecular weight is 458 g/mol. The molecule has 0 bridgehead atoms. The molecule has 0 unspecified atom stereocenters. The first-order chi connectivity index (χ1) is 14.8. The Morgan fingerprint density at radius 2 is 1.94 bits per heavy atom. The van der Waals surface area contributed by atoms with Gasteiger partial charge in [-0.05, 0) is 31.7 Å². The third-order valence-electron chi connectivity index (χ3n) is 5.45. The number of hydrogen-bond acceptors (Lipinski definition) is 5. The maximum Gasteiger partial charge on any atom is 0.416 e. The topological polar surface area (TPSA) is 53.4 Å². The van der Waals surface area contributed by atoms with Gasteiger partial charge in [0.2, 0.25) is 5.91 Å². The van der Waals surface area contributed by atoms with Gasteiger partial charge in [-0.1, -0.05) is 25.1 Å². The smallest absolute Gasteiger partial charge is 0.354 e. The van der Waals surface area contributed by atoms with E-state index < -0.39 is 11.7 Å². The van der Waals surface area contributed by atoms with Gasteiger partial charge in [-0.2, -0.15) is 13.2 Å². The number of halogens is 3. The number of likely N-dealkylation sites (N-methyl/N-ethyl adjacent to an activating group) is 1. The van der Waals surface area contributed by atoms with Gasteiger partial charge < -0.3 is 14.8 Å². The molecule has 1 aliphatic heterocycles. The molecule has 0 aliphatic carbocycles. The summed E-state index contributed by atoms with van der Waals surface area (Å²) < 4.78 is 41.1. The van der Waals surface area contributed by atoms with Crippen molar-refractivity contribution in [3.05, 3.63) is 23.8 Å². The number of fused-ring (bicyclic) bond motifs is 1. The van der Waals surface area contributed by atoms with Crippen LogP contribution in [0.1, 0.15) is 25.3 Å². The Kier molecular flexibility index (Phi) is 8.23. The van der Waals surface area contributed by atoms with Crippen LogP contribution in [0.5, 0.6) is 0 Å². The molecule has 1 aliphatic rings. The zero-order valence-corrected chi connectivity index (χ0v) is 18.9. The van der Waals surface area contributed by atoms with Crippen molar-refractivity contribution in [1.29, 1.82) is 0 Å². The fourth-order valence-electron chi connectivity index (χ4n) is 3.53. The monoisotopic (exact) mass is 457 g/mol. The van der Waals surface area contributed by atoms with Crippen LogP contribution in [0.3, 0.4) is 0 Å². The number of aromatic nitrogens is 2. The van der Waals surface area contributed by atoms with Crippen molar-refractivity contribution in [1.82, 2.24) is 24.7 Å². The van der Waals surface area contributed by atoms with E-state index in [1.165, 1.54) is 17.8 Å². The molecule has 0 radical (unpaired) electrons. The number of aryl methyl sites for hydroxylation is 1. The molecular weight excluding hydrogens is 427 g/mol. The van der Waals surface area contributed by atoms with Gasteiger partial charge >= 0.3 is 6.18 Å². The number of hydrogen-bond donors (Lipinski definition) is 1. The lowest BCUT2D eigenvalue weighted by Crippen LogP contribution is -2.47. The van der Waals surface area contributed by atoms with E-state index in [4.69, 9.17) is 0 Å². The molecule has 0 atom stereocenters. The highest BCUT2D eigenvalue weighted by molar-refractivity contribution is 7.99. The Bertz CT molecular complexity index is 878. The van der Waals surface area contributed by atoms with E-state index in [1.54, 1.807) is 0 Å². The summed E-state index contributed by atoms with van der Waals surface area (Å²) in [6.45, 7) is 8.20. The Morgan fingerprint density at radius 3 is 2.61 bits per heavy atom. The molecule has 1 aromatic heterocycles. The second-order valence-electron chi connectivity index (χ2n) is 7.88. The number of piperazine rings is 1. The van der Waals surface area contributed by atoms with E-state index in [0.29, 0.717) is 29.3 Å². The maximum atomic E-state index is 13.1. The molecule has 1 saturated heterocycles. The van der Waals surface area contributed by atoms with Crippen LogP contribution in [0.4, 0.5) is 13.2 Å². The summed E-state index contributed by atoms with van der Waals surface area (Å²) >= 11 is 1.27. The van der Waals surface area contributed by atoms with Gasteiger partial charge in [0, 0.05) is 45.8 Å². The quantitative estimate of drug-likeness (QED) is 0.586. The number of carbonyl (C=O) groups excluding carboxylic acids is 1. The minimum atomic E-state index is -4.40. The molecule has 0 saturated carbocycles. The molecule has 2 heterocycles. The Hall–Kier alpha value is -1.78. The SMILES string of the molecule is CCCCn1c(SCC(=O)NCCN2CCN(C)CC2)nc2cc(C(F)(F)F)ccc21. The highest BCUT2D eigenvalue weighted by Gasteiger charge is 2.31. The minimum absolute atomic E-state index is 0.0933. The fourth-order valence-corrected chi connectivity index (χ4v) is 4.40. The molecule has 2 aromatic rings. The van der Waals surface area contributed by atoms with Gasteiger partial charge in [0.1, 0.15) is 0 Å². The highest BCUT2D eigenvalue weighted by Crippen LogP contribution is 2.33. The van der Waals surface area contributed by atoms with Crippen LogP contribution in [0.2, 0.25) is 0 Å². The van der Waals surface area contributed by atoms with Crippen molar-refractivity contribution in [3.8, 4) is 0 Å². The molecule has 1 fully saturated rings. The van der Waals surface area contributed by atoms with Gasteiger partial charge in [0.15, 0.2) is 5.16 Å². The van der Waals surface area contributed by atoms with E-state index in [9.17, 15) is 18.0 Å². The van der Waals surface area contributed by atoms with Gasteiger partial charge in [-0.25, -0.2) is 4.98 Å². The zero-order chi connectivity index (χ0) is 22.4. The van der Waals surface area contributed by atoms with E-state index in [0.717, 1.165) is 57.7 Å². The molecule has 1 N–H and O–H groups in total. The fraction of sp³-hybridized carbons (Fsp3) is 0.619. The van der Waals surface area contributed by atoms with Crippen LogP contribution in [-0.4, -0.2) is 77.3 Å². The van der Waals surface area contributed by atoms with Crippen LogP contribution in [0.15, 0.2) is 23.4 Å². The van der Waals surface area contributed by atoms with Crippen molar-refractivity contribution in [3.63, 3.8) is 0 Å². The van der Waals surface area contributed by atoms with E-state index >= 15 is 0 Å². The molecular formula is C21H30F3N5OS. The minimum Gasteiger partial charge on any atom is -0.354 e. The summed E-state index contributed by atoms with van der Waals surface area (Å²) in [6.07, 6.45) is -2.56. The molecule has 1 amide bonds. The number of rotatable bonds is 9. The summed E-state index contributed by atoms with van der Waals surface area (Å²) in [4.78, 5) is 21.3. The number of amides is 1. The Morgan fingerprint density at radius 1 is 1.19 bits per heavy atom. The lowest BCUT2D eigenvalue weighted by molar-refractivity contribution is -0.137. The van der Waals surface area contributed by atoms with E-state index in [1.807, 2.05) is 4.57 Å². The number of imidazole rings is 1. The summed E-state index contributed by atoms with van der Waals surface area (Å²) in [5, 5.41) is 3.52. The summed E-state index contributed by atoms with van der Waals surface area (Å²) in [5.41, 5.74) is 0.265. The molecule has 1 aromatic carbocycles. The average Bonchev–Trinajstić information content (AvgIpc) is 3.08. The standard InChI is InChI=1S/C21H30F3N5OS/c1-3-4-8-29-18-6-5-16(21(22,23)24)14-17(18)26-20(29)31-15-19(30)25-7-9-28-12-10-27(2)11-13-28/h5-6,14H,3-4,7-13,15H2,1-2H3,(H,25,30). The molecule has 6 nitrogen and oxygen atoms in total.